The zero-order valence-corrected chi connectivity index (χ0v) is 7.74. The van der Waals surface area contributed by atoms with E-state index in [0.717, 1.165) is 7.11 Å². The van der Waals surface area contributed by atoms with Crippen LogP contribution in [-0.4, -0.2) is 21.8 Å². The Hall–Kier alpha value is -1.20. The summed E-state index contributed by atoms with van der Waals surface area (Å²) in [6.07, 6.45) is 0.642. The van der Waals surface area contributed by atoms with Crippen LogP contribution >= 0.6 is 0 Å². The van der Waals surface area contributed by atoms with E-state index < -0.39 is 10.1 Å². The summed E-state index contributed by atoms with van der Waals surface area (Å²) in [5, 5.41) is 0. The molecule has 1 aromatic rings. The van der Waals surface area contributed by atoms with Gasteiger partial charge < -0.3 is 0 Å². The second kappa shape index (κ2) is 3.68. The van der Waals surface area contributed by atoms with Gasteiger partial charge in [0.25, 0.3) is 10.1 Å². The lowest BCUT2D eigenvalue weighted by molar-refractivity contribution is 0.112. The highest BCUT2D eigenvalue weighted by Crippen LogP contribution is 2.11. The lowest BCUT2D eigenvalue weighted by Gasteiger charge is -1.99. The SMILES string of the molecule is COS(=O)(=O)c1ccc(C=O)cc1. The molecule has 0 amide bonds. The Morgan fingerprint density at radius 1 is 1.23 bits per heavy atom. The molecule has 0 aromatic heterocycles. The number of benzene rings is 1. The predicted molar refractivity (Wildman–Crippen MR) is 46.0 cm³/mol. The molecule has 0 saturated heterocycles. The normalized spacial score (nSPS) is 11.2. The van der Waals surface area contributed by atoms with E-state index in [0.29, 0.717) is 11.8 Å². The maximum atomic E-state index is 11.1. The van der Waals surface area contributed by atoms with Gasteiger partial charge in [-0.2, -0.15) is 8.42 Å². The quantitative estimate of drug-likeness (QED) is 0.535. The Labute approximate surface area is 76.3 Å². The van der Waals surface area contributed by atoms with Crippen LogP contribution < -0.4 is 0 Å². The van der Waals surface area contributed by atoms with Gasteiger partial charge in [-0.25, -0.2) is 0 Å². The first-order chi connectivity index (χ1) is 6.10. The van der Waals surface area contributed by atoms with Crippen LogP contribution in [0, 0.1) is 0 Å². The van der Waals surface area contributed by atoms with Gasteiger partial charge in [0.15, 0.2) is 0 Å². The van der Waals surface area contributed by atoms with Crippen molar-refractivity contribution in [3.63, 3.8) is 0 Å². The molecule has 0 radical (unpaired) electrons. The Balaban J connectivity index is 3.13. The minimum atomic E-state index is -3.64. The van der Waals surface area contributed by atoms with E-state index in [-0.39, 0.29) is 4.90 Å². The van der Waals surface area contributed by atoms with E-state index in [4.69, 9.17) is 0 Å². The lowest BCUT2D eigenvalue weighted by Crippen LogP contribution is -2.02. The smallest absolute Gasteiger partial charge is 0.296 e. The van der Waals surface area contributed by atoms with Gasteiger partial charge in [-0.05, 0) is 12.1 Å². The van der Waals surface area contributed by atoms with Gasteiger partial charge >= 0.3 is 0 Å². The van der Waals surface area contributed by atoms with E-state index in [2.05, 4.69) is 4.18 Å². The van der Waals surface area contributed by atoms with Crippen molar-refractivity contribution in [3.8, 4) is 0 Å². The van der Waals surface area contributed by atoms with Gasteiger partial charge in [0.2, 0.25) is 0 Å². The summed E-state index contributed by atoms with van der Waals surface area (Å²) >= 11 is 0. The molecule has 0 fully saturated rings. The molecular weight excluding hydrogens is 192 g/mol. The van der Waals surface area contributed by atoms with Gasteiger partial charge in [-0.15, -0.1) is 0 Å². The van der Waals surface area contributed by atoms with Gasteiger partial charge in [0, 0.05) is 5.56 Å². The molecule has 70 valence electrons. The van der Waals surface area contributed by atoms with Crippen LogP contribution in [0.15, 0.2) is 29.2 Å². The molecule has 0 N–H and O–H groups in total. The molecule has 1 rings (SSSR count). The number of rotatable bonds is 3. The first-order valence-electron chi connectivity index (χ1n) is 3.46. The van der Waals surface area contributed by atoms with Crippen molar-refractivity contribution >= 4 is 16.4 Å². The Kier molecular flexibility index (Phi) is 2.79. The first-order valence-corrected chi connectivity index (χ1v) is 4.87. The molecule has 0 aliphatic rings. The highest BCUT2D eigenvalue weighted by Gasteiger charge is 2.11. The Morgan fingerprint density at radius 2 is 1.77 bits per heavy atom. The van der Waals surface area contributed by atoms with E-state index in [9.17, 15) is 13.2 Å². The summed E-state index contributed by atoms with van der Waals surface area (Å²) < 4.78 is 26.5. The minimum Gasteiger partial charge on any atom is -0.298 e. The van der Waals surface area contributed by atoms with E-state index in [1.807, 2.05) is 0 Å². The van der Waals surface area contributed by atoms with Crippen LogP contribution in [0.2, 0.25) is 0 Å². The summed E-state index contributed by atoms with van der Waals surface area (Å²) in [5.74, 6) is 0. The van der Waals surface area contributed by atoms with Crippen LogP contribution in [0.3, 0.4) is 0 Å². The number of hydrogen-bond acceptors (Lipinski definition) is 4. The van der Waals surface area contributed by atoms with E-state index in [1.54, 1.807) is 0 Å². The van der Waals surface area contributed by atoms with Crippen molar-refractivity contribution < 1.29 is 17.4 Å². The summed E-state index contributed by atoms with van der Waals surface area (Å²) in [7, 11) is -2.55. The largest absolute Gasteiger partial charge is 0.298 e. The molecule has 0 heterocycles. The van der Waals surface area contributed by atoms with Gasteiger partial charge in [0.1, 0.15) is 6.29 Å². The molecule has 0 unspecified atom stereocenters. The molecule has 1 aromatic carbocycles. The molecule has 0 atom stereocenters. The molecule has 13 heavy (non-hydrogen) atoms. The van der Waals surface area contributed by atoms with Crippen molar-refractivity contribution in [1.29, 1.82) is 0 Å². The second-order valence-corrected chi connectivity index (χ2v) is 4.02. The molecule has 0 saturated carbocycles. The fraction of sp³-hybridized carbons (Fsp3) is 0.125. The highest BCUT2D eigenvalue weighted by atomic mass is 32.2. The Morgan fingerprint density at radius 3 is 2.15 bits per heavy atom. The average molecular weight is 200 g/mol. The monoisotopic (exact) mass is 200 g/mol. The number of carbonyl (C=O) groups excluding carboxylic acids is 1. The predicted octanol–water partition coefficient (Wildman–Crippen LogP) is 0.834. The summed E-state index contributed by atoms with van der Waals surface area (Å²) in [5.41, 5.74) is 0.426. The Bertz CT molecular complexity index is 391. The van der Waals surface area contributed by atoms with Crippen LogP contribution in [0.25, 0.3) is 0 Å². The van der Waals surface area contributed by atoms with E-state index in [1.165, 1.54) is 24.3 Å². The van der Waals surface area contributed by atoms with Crippen molar-refractivity contribution in [1.82, 2.24) is 0 Å². The van der Waals surface area contributed by atoms with Crippen LogP contribution in [0.5, 0.6) is 0 Å². The first kappa shape index (κ1) is 9.88. The van der Waals surface area contributed by atoms with E-state index >= 15 is 0 Å². The van der Waals surface area contributed by atoms with Crippen molar-refractivity contribution in [3.05, 3.63) is 29.8 Å². The van der Waals surface area contributed by atoms with Crippen LogP contribution in [-0.2, 0) is 14.3 Å². The zero-order valence-electron chi connectivity index (χ0n) is 6.93. The molecule has 5 heteroatoms. The third kappa shape index (κ3) is 2.13. The molecular formula is C8H8O4S. The lowest BCUT2D eigenvalue weighted by atomic mass is 10.2. The van der Waals surface area contributed by atoms with Crippen LogP contribution in [0.1, 0.15) is 10.4 Å². The summed E-state index contributed by atoms with van der Waals surface area (Å²) in [6.45, 7) is 0. The average Bonchev–Trinajstić information content (AvgIpc) is 2.18. The van der Waals surface area contributed by atoms with Gasteiger partial charge in [0.05, 0.1) is 12.0 Å². The maximum Gasteiger partial charge on any atom is 0.296 e. The minimum absolute atomic E-state index is 0.0422. The molecule has 0 aliphatic carbocycles. The molecule has 4 nitrogen and oxygen atoms in total. The maximum absolute atomic E-state index is 11.1. The number of aldehydes is 1. The number of hydrogen-bond donors (Lipinski definition) is 0. The topological polar surface area (TPSA) is 60.4 Å². The van der Waals surface area contributed by atoms with Crippen molar-refractivity contribution in [2.24, 2.45) is 0 Å². The highest BCUT2D eigenvalue weighted by molar-refractivity contribution is 7.86. The second-order valence-electron chi connectivity index (χ2n) is 2.31. The van der Waals surface area contributed by atoms with Gasteiger partial charge in [-0.3, -0.25) is 8.98 Å². The molecule has 0 spiro atoms. The molecule has 0 aliphatic heterocycles. The summed E-state index contributed by atoms with van der Waals surface area (Å²) in [4.78, 5) is 10.3. The fourth-order valence-electron chi connectivity index (χ4n) is 0.809. The number of carbonyl (C=O) groups is 1. The van der Waals surface area contributed by atoms with Crippen LogP contribution in [0.4, 0.5) is 0 Å². The third-order valence-electron chi connectivity index (χ3n) is 1.52. The summed E-state index contributed by atoms with van der Waals surface area (Å²) in [6, 6.07) is 5.48. The standard InChI is InChI=1S/C8H8O4S/c1-12-13(10,11)8-4-2-7(6-9)3-5-8/h2-6H,1H3. The fourth-order valence-corrected chi connectivity index (χ4v) is 1.47. The van der Waals surface area contributed by atoms with Crippen molar-refractivity contribution in [2.75, 3.05) is 7.11 Å². The zero-order chi connectivity index (χ0) is 9.90. The van der Waals surface area contributed by atoms with Gasteiger partial charge in [-0.1, -0.05) is 12.1 Å². The van der Waals surface area contributed by atoms with Crippen molar-refractivity contribution in [2.45, 2.75) is 4.90 Å². The molecule has 0 bridgehead atoms. The third-order valence-corrected chi connectivity index (χ3v) is 2.81.